The molecule has 9 heteroatoms. The monoisotopic (exact) mass is 440 g/mol. The van der Waals surface area contributed by atoms with Crippen molar-refractivity contribution in [3.63, 3.8) is 0 Å². The van der Waals surface area contributed by atoms with Gasteiger partial charge in [-0.15, -0.1) is 11.3 Å². The number of anilines is 1. The maximum Gasteiger partial charge on any atom is 0.256 e. The Morgan fingerprint density at radius 3 is 2.63 bits per heavy atom. The molecule has 0 aliphatic heterocycles. The van der Waals surface area contributed by atoms with Gasteiger partial charge in [0.05, 0.1) is 32.6 Å². The summed E-state index contributed by atoms with van der Waals surface area (Å²) in [6.07, 6.45) is 2.77. The number of rotatable bonds is 5. The Hall–Kier alpha value is -3.04. The van der Waals surface area contributed by atoms with Crippen molar-refractivity contribution in [1.29, 1.82) is 0 Å². The normalized spacial score (nSPS) is 11.9. The average molecular weight is 441 g/mol. The molecule has 0 saturated carbocycles. The van der Waals surface area contributed by atoms with E-state index in [1.54, 1.807) is 29.1 Å². The van der Waals surface area contributed by atoms with Gasteiger partial charge in [0.15, 0.2) is 15.5 Å². The minimum Gasteiger partial charge on any atom is -0.322 e. The second-order valence-electron chi connectivity index (χ2n) is 7.21. The number of amides is 1. The first-order valence-corrected chi connectivity index (χ1v) is 12.0. The molecule has 0 unspecified atom stereocenters. The third kappa shape index (κ3) is 3.86. The predicted octanol–water partition coefficient (Wildman–Crippen LogP) is 4.40. The highest BCUT2D eigenvalue weighted by atomic mass is 32.2. The largest absolute Gasteiger partial charge is 0.322 e. The van der Waals surface area contributed by atoms with Gasteiger partial charge < -0.3 is 5.32 Å². The maximum atomic E-state index is 13.2. The first kappa shape index (κ1) is 20.2. The molecular formula is C21H20N4O3S2. The van der Waals surface area contributed by atoms with Crippen molar-refractivity contribution in [2.75, 3.05) is 11.6 Å². The molecule has 0 bridgehead atoms. The first-order chi connectivity index (χ1) is 14.2. The molecule has 0 aliphatic rings. The zero-order chi connectivity index (χ0) is 21.5. The van der Waals surface area contributed by atoms with Crippen LogP contribution in [0, 0.1) is 0 Å². The van der Waals surface area contributed by atoms with Gasteiger partial charge in [0.2, 0.25) is 0 Å². The van der Waals surface area contributed by atoms with Crippen LogP contribution >= 0.6 is 11.3 Å². The fourth-order valence-corrected chi connectivity index (χ4v) is 4.49. The van der Waals surface area contributed by atoms with Gasteiger partial charge in [0.1, 0.15) is 0 Å². The molecule has 154 valence electrons. The van der Waals surface area contributed by atoms with Crippen LogP contribution in [0.25, 0.3) is 21.6 Å². The highest BCUT2D eigenvalue weighted by Crippen LogP contribution is 2.29. The van der Waals surface area contributed by atoms with Gasteiger partial charge in [-0.3, -0.25) is 4.79 Å². The molecule has 0 radical (unpaired) electrons. The van der Waals surface area contributed by atoms with Crippen molar-refractivity contribution in [3.8, 4) is 10.6 Å². The molecule has 1 N–H and O–H groups in total. The first-order valence-electron chi connectivity index (χ1n) is 9.27. The number of carbonyl (C=O) groups excluding carboxylic acids is 1. The lowest BCUT2D eigenvalue weighted by Crippen LogP contribution is -2.14. The van der Waals surface area contributed by atoms with Crippen molar-refractivity contribution >= 4 is 43.8 Å². The molecule has 1 amide bonds. The highest BCUT2D eigenvalue weighted by molar-refractivity contribution is 7.90. The van der Waals surface area contributed by atoms with Crippen LogP contribution < -0.4 is 5.32 Å². The number of sulfone groups is 1. The third-order valence-electron chi connectivity index (χ3n) is 4.59. The second kappa shape index (κ2) is 7.66. The van der Waals surface area contributed by atoms with E-state index in [2.05, 4.69) is 10.4 Å². The minimum atomic E-state index is -3.38. The van der Waals surface area contributed by atoms with Crippen molar-refractivity contribution in [1.82, 2.24) is 14.8 Å². The third-order valence-corrected chi connectivity index (χ3v) is 6.60. The molecule has 7 nitrogen and oxygen atoms in total. The number of hydrogen-bond acceptors (Lipinski definition) is 6. The number of aromatic nitrogens is 3. The molecule has 4 aromatic rings. The van der Waals surface area contributed by atoms with Crippen LogP contribution in [0.3, 0.4) is 0 Å². The Labute approximate surface area is 178 Å². The number of nitrogens with one attached hydrogen (secondary N) is 1. The zero-order valence-corrected chi connectivity index (χ0v) is 18.3. The topological polar surface area (TPSA) is 94.0 Å². The van der Waals surface area contributed by atoms with E-state index < -0.39 is 9.84 Å². The van der Waals surface area contributed by atoms with Crippen LogP contribution in [-0.2, 0) is 9.84 Å². The molecule has 0 fully saturated rings. The van der Waals surface area contributed by atoms with Crippen LogP contribution in [0.15, 0.2) is 58.9 Å². The number of pyridine rings is 1. The number of benzene rings is 1. The van der Waals surface area contributed by atoms with Gasteiger partial charge in [-0.2, -0.15) is 5.10 Å². The molecule has 0 aliphatic carbocycles. The SMILES string of the molecule is CC(C)n1ncc2c(C(=O)Nc3cccc(S(C)(=O)=O)c3)cc(-c3cccs3)nc21. The van der Waals surface area contributed by atoms with Gasteiger partial charge in [-0.25, -0.2) is 18.1 Å². The zero-order valence-electron chi connectivity index (χ0n) is 16.7. The second-order valence-corrected chi connectivity index (χ2v) is 10.2. The van der Waals surface area contributed by atoms with Gasteiger partial charge in [0.25, 0.3) is 5.91 Å². The van der Waals surface area contributed by atoms with Crippen molar-refractivity contribution in [2.24, 2.45) is 0 Å². The molecule has 30 heavy (non-hydrogen) atoms. The summed E-state index contributed by atoms with van der Waals surface area (Å²) >= 11 is 1.54. The van der Waals surface area contributed by atoms with Gasteiger partial charge in [-0.1, -0.05) is 12.1 Å². The molecule has 3 heterocycles. The summed E-state index contributed by atoms with van der Waals surface area (Å²) < 4.78 is 25.4. The standard InChI is InChI=1S/C21H20N4O3S2/c1-13(2)25-20-17(12-22-25)16(11-18(24-20)19-8-5-9-29-19)21(26)23-14-6-4-7-15(10-14)30(3,27)28/h4-13H,1-3H3,(H,23,26). The van der Waals surface area contributed by atoms with Crippen molar-refractivity contribution in [2.45, 2.75) is 24.8 Å². The molecule has 0 saturated heterocycles. The summed E-state index contributed by atoms with van der Waals surface area (Å²) in [7, 11) is -3.38. The Bertz CT molecular complexity index is 1340. The lowest BCUT2D eigenvalue weighted by atomic mass is 10.1. The van der Waals surface area contributed by atoms with E-state index in [1.807, 2.05) is 31.4 Å². The van der Waals surface area contributed by atoms with E-state index in [-0.39, 0.29) is 16.8 Å². The predicted molar refractivity (Wildman–Crippen MR) is 119 cm³/mol. The fraction of sp³-hybridized carbons (Fsp3) is 0.190. The number of fused-ring (bicyclic) bond motifs is 1. The van der Waals surface area contributed by atoms with Crippen LogP contribution in [0.4, 0.5) is 5.69 Å². The maximum absolute atomic E-state index is 13.2. The van der Waals surface area contributed by atoms with Gasteiger partial charge >= 0.3 is 0 Å². The smallest absolute Gasteiger partial charge is 0.256 e. The number of thiophene rings is 1. The van der Waals surface area contributed by atoms with Crippen LogP contribution in [0.2, 0.25) is 0 Å². The molecule has 3 aromatic heterocycles. The molecular weight excluding hydrogens is 420 g/mol. The number of nitrogens with zero attached hydrogens (tertiary/aromatic N) is 3. The summed E-state index contributed by atoms with van der Waals surface area (Å²) in [5.41, 5.74) is 2.16. The summed E-state index contributed by atoms with van der Waals surface area (Å²) in [5.74, 6) is -0.353. The molecule has 1 aromatic carbocycles. The number of carbonyl (C=O) groups is 1. The Balaban J connectivity index is 1.81. The lowest BCUT2D eigenvalue weighted by Gasteiger charge is -2.11. The summed E-state index contributed by atoms with van der Waals surface area (Å²) in [5, 5.41) is 9.82. The Kier molecular flexibility index (Phi) is 5.17. The number of hydrogen-bond donors (Lipinski definition) is 1. The summed E-state index contributed by atoms with van der Waals surface area (Å²) in [4.78, 5) is 19.0. The van der Waals surface area contributed by atoms with Crippen LogP contribution in [0.1, 0.15) is 30.2 Å². The molecule has 4 rings (SSSR count). The van der Waals surface area contributed by atoms with E-state index >= 15 is 0 Å². The van der Waals surface area contributed by atoms with Crippen LogP contribution in [0.5, 0.6) is 0 Å². The summed E-state index contributed by atoms with van der Waals surface area (Å²) in [6.45, 7) is 4.00. The lowest BCUT2D eigenvalue weighted by molar-refractivity contribution is 0.102. The Morgan fingerprint density at radius 2 is 1.97 bits per heavy atom. The quantitative estimate of drug-likeness (QED) is 0.496. The Morgan fingerprint density at radius 1 is 1.17 bits per heavy atom. The highest BCUT2D eigenvalue weighted by Gasteiger charge is 2.19. The van der Waals surface area contributed by atoms with Crippen molar-refractivity contribution in [3.05, 3.63) is 59.6 Å². The minimum absolute atomic E-state index is 0.0796. The van der Waals surface area contributed by atoms with Gasteiger partial charge in [0, 0.05) is 18.0 Å². The van der Waals surface area contributed by atoms with E-state index in [0.29, 0.717) is 28.0 Å². The average Bonchev–Trinajstić information content (AvgIpc) is 3.36. The molecule has 0 spiro atoms. The fourth-order valence-electron chi connectivity index (χ4n) is 3.14. The van der Waals surface area contributed by atoms with E-state index in [0.717, 1.165) is 11.1 Å². The van der Waals surface area contributed by atoms with Crippen molar-refractivity contribution < 1.29 is 13.2 Å². The van der Waals surface area contributed by atoms with E-state index in [1.165, 1.54) is 23.5 Å². The van der Waals surface area contributed by atoms with Gasteiger partial charge in [-0.05, 0) is 49.6 Å². The van der Waals surface area contributed by atoms with Crippen LogP contribution in [-0.4, -0.2) is 35.3 Å². The summed E-state index contributed by atoms with van der Waals surface area (Å²) in [6, 6.07) is 11.9. The van der Waals surface area contributed by atoms with E-state index in [4.69, 9.17) is 4.98 Å². The molecule has 0 atom stereocenters. The van der Waals surface area contributed by atoms with E-state index in [9.17, 15) is 13.2 Å².